The number of hydrogen-bond acceptors (Lipinski definition) is 5. The van der Waals surface area contributed by atoms with Gasteiger partial charge in [0.2, 0.25) is 6.79 Å². The van der Waals surface area contributed by atoms with Crippen LogP contribution in [-0.4, -0.2) is 31.3 Å². The zero-order valence-corrected chi connectivity index (χ0v) is 13.2. The minimum atomic E-state index is -0.0309. The van der Waals surface area contributed by atoms with Crippen molar-refractivity contribution in [2.24, 2.45) is 0 Å². The van der Waals surface area contributed by atoms with Crippen molar-refractivity contribution in [3.8, 4) is 17.2 Å². The standard InChI is InChI=1S/C16H17N5O2/c1-10-6-11(2)20(19-10)12(3)16-17-8-18-21(16)13-4-5-14-15(7-13)23-9-22-14/h4-8,12H,9H2,1-3H3. The van der Waals surface area contributed by atoms with E-state index < -0.39 is 0 Å². The van der Waals surface area contributed by atoms with Crippen LogP contribution in [0.5, 0.6) is 11.5 Å². The first-order valence-electron chi connectivity index (χ1n) is 7.46. The second kappa shape index (κ2) is 5.12. The maximum atomic E-state index is 5.44. The highest BCUT2D eigenvalue weighted by Gasteiger charge is 2.20. The molecule has 7 nitrogen and oxygen atoms in total. The molecule has 0 spiro atoms. The molecule has 0 aliphatic carbocycles. The van der Waals surface area contributed by atoms with Crippen LogP contribution in [0.1, 0.15) is 30.2 Å². The average Bonchev–Trinajstić information content (AvgIpc) is 3.24. The molecule has 4 rings (SSSR count). The molecule has 1 aliphatic rings. The van der Waals surface area contributed by atoms with Gasteiger partial charge >= 0.3 is 0 Å². The molecule has 23 heavy (non-hydrogen) atoms. The third kappa shape index (κ3) is 2.25. The maximum Gasteiger partial charge on any atom is 0.231 e. The summed E-state index contributed by atoms with van der Waals surface area (Å²) in [5.74, 6) is 2.29. The van der Waals surface area contributed by atoms with Gasteiger partial charge in [-0.2, -0.15) is 10.2 Å². The molecule has 1 atom stereocenters. The number of nitrogens with zero attached hydrogens (tertiary/aromatic N) is 5. The van der Waals surface area contributed by atoms with E-state index >= 15 is 0 Å². The highest BCUT2D eigenvalue weighted by atomic mass is 16.7. The number of benzene rings is 1. The second-order valence-corrected chi connectivity index (χ2v) is 5.62. The lowest BCUT2D eigenvalue weighted by Gasteiger charge is -2.15. The Labute approximate surface area is 133 Å². The Kier molecular flexibility index (Phi) is 3.07. The largest absolute Gasteiger partial charge is 0.454 e. The van der Waals surface area contributed by atoms with E-state index in [-0.39, 0.29) is 12.8 Å². The molecular weight excluding hydrogens is 294 g/mol. The molecule has 0 fully saturated rings. The zero-order valence-electron chi connectivity index (χ0n) is 13.2. The van der Waals surface area contributed by atoms with Gasteiger partial charge in [0.05, 0.1) is 11.4 Å². The van der Waals surface area contributed by atoms with Crippen LogP contribution in [0.2, 0.25) is 0 Å². The molecule has 1 unspecified atom stereocenters. The molecule has 118 valence electrons. The number of ether oxygens (including phenoxy) is 2. The van der Waals surface area contributed by atoms with Crippen molar-refractivity contribution in [1.82, 2.24) is 24.5 Å². The number of fused-ring (bicyclic) bond motifs is 1. The number of rotatable bonds is 3. The molecular formula is C16H17N5O2. The van der Waals surface area contributed by atoms with E-state index in [1.165, 1.54) is 0 Å². The first-order valence-corrected chi connectivity index (χ1v) is 7.46. The first kappa shape index (κ1) is 13.8. The molecule has 0 saturated heterocycles. The van der Waals surface area contributed by atoms with Gasteiger partial charge in [-0.05, 0) is 39.0 Å². The molecule has 3 heterocycles. The lowest BCUT2D eigenvalue weighted by molar-refractivity contribution is 0.174. The Morgan fingerprint density at radius 3 is 2.74 bits per heavy atom. The Morgan fingerprint density at radius 2 is 1.96 bits per heavy atom. The smallest absolute Gasteiger partial charge is 0.231 e. The van der Waals surface area contributed by atoms with Gasteiger partial charge in [-0.3, -0.25) is 4.68 Å². The summed E-state index contributed by atoms with van der Waals surface area (Å²) in [6.45, 7) is 6.34. The third-order valence-electron chi connectivity index (χ3n) is 3.96. The van der Waals surface area contributed by atoms with Crippen LogP contribution in [-0.2, 0) is 0 Å². The van der Waals surface area contributed by atoms with E-state index in [9.17, 15) is 0 Å². The molecule has 1 aromatic carbocycles. The monoisotopic (exact) mass is 311 g/mol. The SMILES string of the molecule is Cc1cc(C)n(C(C)c2ncnn2-c2ccc3c(c2)OCO3)n1. The quantitative estimate of drug-likeness (QED) is 0.743. The van der Waals surface area contributed by atoms with Crippen LogP contribution in [0.15, 0.2) is 30.6 Å². The third-order valence-corrected chi connectivity index (χ3v) is 3.96. The topological polar surface area (TPSA) is 67.0 Å². The fourth-order valence-electron chi connectivity index (χ4n) is 2.90. The van der Waals surface area contributed by atoms with Gasteiger partial charge < -0.3 is 9.47 Å². The molecule has 0 bridgehead atoms. The average molecular weight is 311 g/mol. The summed E-state index contributed by atoms with van der Waals surface area (Å²) < 4.78 is 14.6. The fraction of sp³-hybridized carbons (Fsp3) is 0.312. The molecule has 0 amide bonds. The normalized spacial score (nSPS) is 14.2. The number of hydrogen-bond donors (Lipinski definition) is 0. The van der Waals surface area contributed by atoms with Crippen molar-refractivity contribution in [3.05, 3.63) is 47.8 Å². The van der Waals surface area contributed by atoms with Gasteiger partial charge in [0.15, 0.2) is 17.3 Å². The summed E-state index contributed by atoms with van der Waals surface area (Å²) in [5.41, 5.74) is 2.97. The highest BCUT2D eigenvalue weighted by molar-refractivity contribution is 5.50. The van der Waals surface area contributed by atoms with Gasteiger partial charge in [0, 0.05) is 11.8 Å². The van der Waals surface area contributed by atoms with Crippen molar-refractivity contribution in [3.63, 3.8) is 0 Å². The van der Waals surface area contributed by atoms with Crippen molar-refractivity contribution >= 4 is 0 Å². The van der Waals surface area contributed by atoms with Gasteiger partial charge in [-0.15, -0.1) is 0 Å². The van der Waals surface area contributed by atoms with Crippen molar-refractivity contribution in [2.45, 2.75) is 26.8 Å². The fourth-order valence-corrected chi connectivity index (χ4v) is 2.90. The molecule has 0 saturated carbocycles. The van der Waals surface area contributed by atoms with Crippen LogP contribution in [0, 0.1) is 13.8 Å². The summed E-state index contributed by atoms with van der Waals surface area (Å²) in [6.07, 6.45) is 1.56. The van der Waals surface area contributed by atoms with Crippen molar-refractivity contribution in [1.29, 1.82) is 0 Å². The maximum absolute atomic E-state index is 5.44. The number of aryl methyl sites for hydroxylation is 2. The van der Waals surface area contributed by atoms with E-state index in [0.717, 1.165) is 34.4 Å². The van der Waals surface area contributed by atoms with Crippen LogP contribution in [0.25, 0.3) is 5.69 Å². The van der Waals surface area contributed by atoms with Gasteiger partial charge in [0.25, 0.3) is 0 Å². The zero-order chi connectivity index (χ0) is 16.0. The Bertz CT molecular complexity index is 867. The second-order valence-electron chi connectivity index (χ2n) is 5.62. The Hall–Kier alpha value is -2.83. The molecule has 0 radical (unpaired) electrons. The molecule has 0 N–H and O–H groups in total. The lowest BCUT2D eigenvalue weighted by atomic mass is 10.2. The molecule has 1 aliphatic heterocycles. The summed E-state index contributed by atoms with van der Waals surface area (Å²) in [6, 6.07) is 7.76. The van der Waals surface area contributed by atoms with Gasteiger partial charge in [0.1, 0.15) is 12.4 Å². The highest BCUT2D eigenvalue weighted by Crippen LogP contribution is 2.34. The summed E-state index contributed by atoms with van der Waals surface area (Å²) in [7, 11) is 0. The summed E-state index contributed by atoms with van der Waals surface area (Å²) in [4.78, 5) is 4.43. The van der Waals surface area contributed by atoms with E-state index in [2.05, 4.69) is 28.2 Å². The minimum Gasteiger partial charge on any atom is -0.454 e. The van der Waals surface area contributed by atoms with Crippen LogP contribution in [0.3, 0.4) is 0 Å². The van der Waals surface area contributed by atoms with Crippen LogP contribution >= 0.6 is 0 Å². The number of aromatic nitrogens is 5. The van der Waals surface area contributed by atoms with E-state index in [1.54, 1.807) is 6.33 Å². The van der Waals surface area contributed by atoms with E-state index in [0.29, 0.717) is 0 Å². The molecule has 3 aromatic rings. The predicted molar refractivity (Wildman–Crippen MR) is 83.0 cm³/mol. The van der Waals surface area contributed by atoms with E-state index in [1.807, 2.05) is 41.4 Å². The molecule has 7 heteroatoms. The van der Waals surface area contributed by atoms with Crippen LogP contribution < -0.4 is 9.47 Å². The van der Waals surface area contributed by atoms with Crippen molar-refractivity contribution in [2.75, 3.05) is 6.79 Å². The first-order chi connectivity index (χ1) is 11.1. The summed E-state index contributed by atoms with van der Waals surface area (Å²) in [5, 5.41) is 8.91. The lowest BCUT2D eigenvalue weighted by Crippen LogP contribution is -2.16. The Balaban J connectivity index is 1.75. The van der Waals surface area contributed by atoms with E-state index in [4.69, 9.17) is 9.47 Å². The van der Waals surface area contributed by atoms with Crippen LogP contribution in [0.4, 0.5) is 0 Å². The summed E-state index contributed by atoms with van der Waals surface area (Å²) >= 11 is 0. The Morgan fingerprint density at radius 1 is 1.13 bits per heavy atom. The van der Waals surface area contributed by atoms with Gasteiger partial charge in [-0.25, -0.2) is 9.67 Å². The van der Waals surface area contributed by atoms with Gasteiger partial charge in [-0.1, -0.05) is 0 Å². The molecule has 2 aromatic heterocycles. The minimum absolute atomic E-state index is 0.0309. The predicted octanol–water partition coefficient (Wildman–Crippen LogP) is 2.42. The van der Waals surface area contributed by atoms with Crippen molar-refractivity contribution < 1.29 is 9.47 Å².